The minimum Gasteiger partial charge on any atom is -0.477 e. The van der Waals surface area contributed by atoms with Crippen molar-refractivity contribution >= 4 is 34.4 Å². The average molecular weight is 470 g/mol. The highest BCUT2D eigenvalue weighted by atomic mass is 35.5. The number of fused-ring (bicyclic) bond motifs is 1. The van der Waals surface area contributed by atoms with E-state index in [1.807, 2.05) is 45.0 Å². The number of carbonyl (C=O) groups excluding carboxylic acids is 2. The quantitative estimate of drug-likeness (QED) is 0.300. The topological polar surface area (TPSA) is 66.8 Å². The number of rotatable bonds is 9. The van der Waals surface area contributed by atoms with Crippen molar-refractivity contribution in [3.8, 4) is 5.75 Å². The van der Waals surface area contributed by atoms with Gasteiger partial charge in [0.1, 0.15) is 12.4 Å². The zero-order valence-corrected chi connectivity index (χ0v) is 20.1. The van der Waals surface area contributed by atoms with E-state index in [0.29, 0.717) is 29.3 Å². The summed E-state index contributed by atoms with van der Waals surface area (Å²) in [7, 11) is 1.33. The van der Waals surface area contributed by atoms with Gasteiger partial charge in [-0.3, -0.25) is 0 Å². The molecule has 0 amide bonds. The van der Waals surface area contributed by atoms with Crippen LogP contribution in [0.1, 0.15) is 40.5 Å². The summed E-state index contributed by atoms with van der Waals surface area (Å²) >= 11 is 6.33. The van der Waals surface area contributed by atoms with Crippen LogP contribution in [0.3, 0.4) is 0 Å². The van der Waals surface area contributed by atoms with Gasteiger partial charge in [-0.2, -0.15) is 0 Å². The highest BCUT2D eigenvalue weighted by Crippen LogP contribution is 2.31. The normalized spacial score (nSPS) is 11.8. The molecule has 1 aromatic heterocycles. The summed E-state index contributed by atoms with van der Waals surface area (Å²) < 4.78 is 18.0. The van der Waals surface area contributed by atoms with Crippen LogP contribution in [0.5, 0.6) is 5.75 Å². The highest BCUT2D eigenvalue weighted by molar-refractivity contribution is 6.32. The third-order valence-electron chi connectivity index (χ3n) is 5.65. The number of halogens is 1. The molecule has 1 heterocycles. The molecule has 0 fully saturated rings. The summed E-state index contributed by atoms with van der Waals surface area (Å²) in [6.07, 6.45) is 1.28. The van der Waals surface area contributed by atoms with E-state index in [4.69, 9.17) is 25.8 Å². The Kier molecular flexibility index (Phi) is 7.82. The van der Waals surface area contributed by atoms with E-state index in [1.54, 1.807) is 18.2 Å². The SMILES string of the molecule is C=CCOC(=O)c1ccc2c(c1)c(C)c(C)n2Cc1ccc(Cl)c(O[C@H](CC)C(=O)OC)c1. The molecule has 0 spiro atoms. The molecular formula is C26H28ClNO5. The maximum Gasteiger partial charge on any atom is 0.347 e. The average Bonchev–Trinajstić information content (AvgIpc) is 3.06. The van der Waals surface area contributed by atoms with Crippen LogP contribution in [0.2, 0.25) is 5.02 Å². The minimum atomic E-state index is -0.724. The molecule has 0 bridgehead atoms. The van der Waals surface area contributed by atoms with Gasteiger partial charge in [-0.05, 0) is 61.7 Å². The van der Waals surface area contributed by atoms with Crippen molar-refractivity contribution in [3.05, 3.63) is 76.5 Å². The van der Waals surface area contributed by atoms with E-state index in [2.05, 4.69) is 11.1 Å². The Morgan fingerprint density at radius 1 is 1.18 bits per heavy atom. The second-order valence-electron chi connectivity index (χ2n) is 7.72. The van der Waals surface area contributed by atoms with Gasteiger partial charge in [0.15, 0.2) is 6.10 Å². The summed E-state index contributed by atoms with van der Waals surface area (Å²) in [6, 6.07) is 11.1. The molecule has 0 aliphatic rings. The number of methoxy groups -OCH3 is 1. The van der Waals surface area contributed by atoms with Gasteiger partial charge in [0.25, 0.3) is 0 Å². The number of aryl methyl sites for hydroxylation is 1. The molecule has 3 aromatic rings. The first-order valence-corrected chi connectivity index (χ1v) is 11.1. The first-order chi connectivity index (χ1) is 15.8. The smallest absolute Gasteiger partial charge is 0.347 e. The van der Waals surface area contributed by atoms with Crippen molar-refractivity contribution < 1.29 is 23.8 Å². The van der Waals surface area contributed by atoms with E-state index in [0.717, 1.165) is 27.7 Å². The molecule has 0 aliphatic heterocycles. The minimum absolute atomic E-state index is 0.172. The standard InChI is InChI=1S/C26H28ClNO5/c1-6-12-32-25(29)19-9-11-22-20(14-19)16(3)17(4)28(22)15-18-8-10-21(27)24(13-18)33-23(7-2)26(30)31-5/h6,8-11,13-14,23H,1,7,12,15H2,2-5H3/t23-/m1/s1. The Labute approximate surface area is 198 Å². The number of aromatic nitrogens is 1. The fourth-order valence-corrected chi connectivity index (χ4v) is 3.86. The summed E-state index contributed by atoms with van der Waals surface area (Å²) in [5.41, 5.74) is 4.64. The Morgan fingerprint density at radius 2 is 1.94 bits per heavy atom. The zero-order valence-electron chi connectivity index (χ0n) is 19.3. The number of ether oxygens (including phenoxy) is 3. The predicted molar refractivity (Wildman–Crippen MR) is 129 cm³/mol. The van der Waals surface area contributed by atoms with Crippen molar-refractivity contribution in [1.29, 1.82) is 0 Å². The van der Waals surface area contributed by atoms with Gasteiger partial charge >= 0.3 is 11.9 Å². The lowest BCUT2D eigenvalue weighted by atomic mass is 10.1. The van der Waals surface area contributed by atoms with Crippen molar-refractivity contribution in [3.63, 3.8) is 0 Å². The first kappa shape index (κ1) is 24.4. The van der Waals surface area contributed by atoms with E-state index < -0.39 is 12.1 Å². The highest BCUT2D eigenvalue weighted by Gasteiger charge is 2.21. The molecule has 2 aromatic carbocycles. The van der Waals surface area contributed by atoms with E-state index in [9.17, 15) is 9.59 Å². The number of hydrogen-bond acceptors (Lipinski definition) is 5. The molecule has 0 saturated heterocycles. The molecule has 1 atom stereocenters. The summed E-state index contributed by atoms with van der Waals surface area (Å²) in [5.74, 6) is -0.383. The molecule has 0 radical (unpaired) electrons. The molecule has 0 unspecified atom stereocenters. The van der Waals surface area contributed by atoms with Crippen LogP contribution >= 0.6 is 11.6 Å². The van der Waals surface area contributed by atoms with Crippen LogP contribution in [0.4, 0.5) is 0 Å². The molecule has 7 heteroatoms. The molecule has 0 saturated carbocycles. The Balaban J connectivity index is 1.93. The monoisotopic (exact) mass is 469 g/mol. The maximum absolute atomic E-state index is 12.3. The van der Waals surface area contributed by atoms with Gasteiger partial charge in [-0.1, -0.05) is 37.2 Å². The molecule has 0 N–H and O–H groups in total. The molecular weight excluding hydrogens is 442 g/mol. The molecule has 3 rings (SSSR count). The van der Waals surface area contributed by atoms with Crippen molar-refractivity contribution in [2.45, 2.75) is 39.8 Å². The van der Waals surface area contributed by atoms with Gasteiger partial charge in [-0.25, -0.2) is 9.59 Å². The van der Waals surface area contributed by atoms with Gasteiger partial charge in [0.05, 0.1) is 17.7 Å². The Bertz CT molecular complexity index is 1200. The van der Waals surface area contributed by atoms with Gasteiger partial charge in [0.2, 0.25) is 0 Å². The molecule has 6 nitrogen and oxygen atoms in total. The lowest BCUT2D eigenvalue weighted by Crippen LogP contribution is -2.27. The lowest BCUT2D eigenvalue weighted by molar-refractivity contribution is -0.148. The lowest BCUT2D eigenvalue weighted by Gasteiger charge is -2.17. The van der Waals surface area contributed by atoms with Crippen LogP contribution in [0, 0.1) is 13.8 Å². The van der Waals surface area contributed by atoms with Gasteiger partial charge in [0, 0.05) is 23.1 Å². The Morgan fingerprint density at radius 3 is 2.61 bits per heavy atom. The number of hydrogen-bond donors (Lipinski definition) is 0. The van der Waals surface area contributed by atoms with E-state index >= 15 is 0 Å². The second kappa shape index (κ2) is 10.6. The summed E-state index contributed by atoms with van der Waals surface area (Å²) in [4.78, 5) is 24.2. The molecule has 0 aliphatic carbocycles. The summed E-state index contributed by atoms with van der Waals surface area (Å²) in [6.45, 7) is 10.2. The predicted octanol–water partition coefficient (Wildman–Crippen LogP) is 5.63. The van der Waals surface area contributed by atoms with Crippen molar-refractivity contribution in [1.82, 2.24) is 4.57 Å². The first-order valence-electron chi connectivity index (χ1n) is 10.7. The van der Waals surface area contributed by atoms with Gasteiger partial charge in [-0.15, -0.1) is 0 Å². The van der Waals surface area contributed by atoms with Crippen LogP contribution in [-0.2, 0) is 20.8 Å². The number of nitrogens with zero attached hydrogens (tertiary/aromatic N) is 1. The van der Waals surface area contributed by atoms with Crippen LogP contribution in [0.15, 0.2) is 49.1 Å². The molecule has 33 heavy (non-hydrogen) atoms. The third-order valence-corrected chi connectivity index (χ3v) is 5.96. The van der Waals surface area contributed by atoms with Crippen LogP contribution in [-0.4, -0.2) is 36.3 Å². The Hall–Kier alpha value is -3.25. The maximum atomic E-state index is 12.3. The number of esters is 2. The van der Waals surface area contributed by atoms with E-state index in [1.165, 1.54) is 7.11 Å². The van der Waals surface area contributed by atoms with Crippen LogP contribution < -0.4 is 4.74 Å². The van der Waals surface area contributed by atoms with E-state index in [-0.39, 0.29) is 12.6 Å². The number of carbonyl (C=O) groups is 2. The summed E-state index contributed by atoms with van der Waals surface area (Å²) in [5, 5.41) is 1.41. The number of benzene rings is 2. The molecule has 174 valence electrons. The largest absolute Gasteiger partial charge is 0.477 e. The second-order valence-corrected chi connectivity index (χ2v) is 8.13. The third kappa shape index (κ3) is 5.22. The van der Waals surface area contributed by atoms with Gasteiger partial charge < -0.3 is 18.8 Å². The van der Waals surface area contributed by atoms with Crippen molar-refractivity contribution in [2.24, 2.45) is 0 Å². The zero-order chi connectivity index (χ0) is 24.1. The fourth-order valence-electron chi connectivity index (χ4n) is 3.70. The van der Waals surface area contributed by atoms with Crippen molar-refractivity contribution in [2.75, 3.05) is 13.7 Å². The van der Waals surface area contributed by atoms with Crippen LogP contribution in [0.25, 0.3) is 10.9 Å². The fraction of sp³-hybridized carbons (Fsp3) is 0.308.